The van der Waals surface area contributed by atoms with Crippen LogP contribution in [0.1, 0.15) is 31.7 Å². The molecule has 1 aliphatic rings. The fraction of sp³-hybridized carbons (Fsp3) is 0.467. The summed E-state index contributed by atoms with van der Waals surface area (Å²) in [7, 11) is 0. The van der Waals surface area contributed by atoms with Crippen molar-refractivity contribution >= 4 is 35.1 Å². The van der Waals surface area contributed by atoms with Gasteiger partial charge in [-0.05, 0) is 36.0 Å². The Morgan fingerprint density at radius 3 is 2.48 bits per heavy atom. The third kappa shape index (κ3) is 3.69. The fourth-order valence-corrected chi connectivity index (χ4v) is 2.68. The van der Waals surface area contributed by atoms with E-state index in [0.717, 1.165) is 5.56 Å². The van der Waals surface area contributed by atoms with Crippen molar-refractivity contribution in [3.05, 3.63) is 33.8 Å². The summed E-state index contributed by atoms with van der Waals surface area (Å²) in [6.07, 6.45) is 0.703. The third-order valence-electron chi connectivity index (χ3n) is 3.73. The van der Waals surface area contributed by atoms with E-state index in [1.54, 1.807) is 26.0 Å². The van der Waals surface area contributed by atoms with Crippen molar-refractivity contribution < 1.29 is 14.7 Å². The van der Waals surface area contributed by atoms with Gasteiger partial charge in [-0.2, -0.15) is 0 Å². The van der Waals surface area contributed by atoms with Gasteiger partial charge in [-0.15, -0.1) is 0 Å². The molecule has 1 saturated carbocycles. The average molecular weight is 330 g/mol. The first-order valence-corrected chi connectivity index (χ1v) is 7.55. The number of carboxylic acid groups (broad SMARTS) is 1. The molecule has 2 rings (SSSR count). The summed E-state index contributed by atoms with van der Waals surface area (Å²) in [4.78, 5) is 23.2. The lowest BCUT2D eigenvalue weighted by molar-refractivity contribution is -0.143. The highest BCUT2D eigenvalue weighted by molar-refractivity contribution is 6.42. The number of benzene rings is 1. The second-order valence-corrected chi connectivity index (χ2v) is 6.51. The molecular formula is C15H17Cl2NO3. The second kappa shape index (κ2) is 6.24. The van der Waals surface area contributed by atoms with Crippen molar-refractivity contribution in [2.75, 3.05) is 0 Å². The standard InChI is InChI=1S/C15H17Cl2NO3/c1-7(2)13(15(20)21)18-14(19)10-6-9(10)8-3-4-11(16)12(17)5-8/h3-5,7,9-10,13H,6H2,1-2H3,(H,18,19)(H,20,21)/t9?,10?,13-/m0/s1. The van der Waals surface area contributed by atoms with Gasteiger partial charge >= 0.3 is 5.97 Å². The van der Waals surface area contributed by atoms with Crippen LogP contribution in [0.5, 0.6) is 0 Å². The highest BCUT2D eigenvalue weighted by Gasteiger charge is 2.45. The Bertz CT molecular complexity index is 574. The quantitative estimate of drug-likeness (QED) is 0.870. The number of aliphatic carboxylic acids is 1. The highest BCUT2D eigenvalue weighted by atomic mass is 35.5. The number of carbonyl (C=O) groups is 2. The van der Waals surface area contributed by atoms with E-state index < -0.39 is 12.0 Å². The predicted molar refractivity (Wildman–Crippen MR) is 81.7 cm³/mol. The molecule has 0 heterocycles. The molecule has 1 aromatic rings. The van der Waals surface area contributed by atoms with Crippen molar-refractivity contribution in [1.82, 2.24) is 5.32 Å². The molecule has 0 saturated heterocycles. The van der Waals surface area contributed by atoms with E-state index in [0.29, 0.717) is 16.5 Å². The predicted octanol–water partition coefficient (Wildman–Crippen LogP) is 3.32. The smallest absolute Gasteiger partial charge is 0.326 e. The van der Waals surface area contributed by atoms with Crippen LogP contribution in [0, 0.1) is 11.8 Å². The van der Waals surface area contributed by atoms with Gasteiger partial charge < -0.3 is 10.4 Å². The van der Waals surface area contributed by atoms with Gasteiger partial charge in [0.05, 0.1) is 10.0 Å². The van der Waals surface area contributed by atoms with Gasteiger partial charge in [-0.25, -0.2) is 4.79 Å². The molecule has 6 heteroatoms. The molecule has 0 aromatic heterocycles. The molecule has 3 atom stereocenters. The zero-order valence-electron chi connectivity index (χ0n) is 11.8. The first-order valence-electron chi connectivity index (χ1n) is 6.79. The first-order chi connectivity index (χ1) is 9.81. The summed E-state index contributed by atoms with van der Waals surface area (Å²) in [6.45, 7) is 3.53. The zero-order valence-corrected chi connectivity index (χ0v) is 13.3. The van der Waals surface area contributed by atoms with E-state index in [4.69, 9.17) is 28.3 Å². The molecule has 4 nitrogen and oxygen atoms in total. The Labute approximate surface area is 133 Å². The van der Waals surface area contributed by atoms with Crippen LogP contribution < -0.4 is 5.32 Å². The molecular weight excluding hydrogens is 313 g/mol. The van der Waals surface area contributed by atoms with Crippen LogP contribution in [0.2, 0.25) is 10.0 Å². The maximum Gasteiger partial charge on any atom is 0.326 e. The molecule has 2 unspecified atom stereocenters. The Kier molecular flexibility index (Phi) is 4.79. The number of hydrogen-bond donors (Lipinski definition) is 2. The van der Waals surface area contributed by atoms with Gasteiger partial charge in [-0.1, -0.05) is 43.1 Å². The van der Waals surface area contributed by atoms with E-state index in [9.17, 15) is 9.59 Å². The molecule has 1 aliphatic carbocycles. The Morgan fingerprint density at radius 2 is 1.95 bits per heavy atom. The SMILES string of the molecule is CC(C)[C@H](NC(=O)C1CC1c1ccc(Cl)c(Cl)c1)C(=O)O. The minimum absolute atomic E-state index is 0.0846. The van der Waals surface area contributed by atoms with Crippen LogP contribution in [-0.4, -0.2) is 23.0 Å². The van der Waals surface area contributed by atoms with Crippen molar-refractivity contribution in [2.24, 2.45) is 11.8 Å². The number of amides is 1. The van der Waals surface area contributed by atoms with E-state index in [1.807, 2.05) is 6.07 Å². The summed E-state index contributed by atoms with van der Waals surface area (Å²) < 4.78 is 0. The number of hydrogen-bond acceptors (Lipinski definition) is 2. The number of halogens is 2. The Balaban J connectivity index is 2.00. The Hall–Kier alpha value is -1.26. The lowest BCUT2D eigenvalue weighted by Gasteiger charge is -2.17. The van der Waals surface area contributed by atoms with Crippen molar-refractivity contribution in [2.45, 2.75) is 32.2 Å². The monoisotopic (exact) mass is 329 g/mol. The molecule has 0 spiro atoms. The topological polar surface area (TPSA) is 66.4 Å². The van der Waals surface area contributed by atoms with Gasteiger partial charge in [0.15, 0.2) is 0 Å². The second-order valence-electron chi connectivity index (χ2n) is 5.69. The van der Waals surface area contributed by atoms with Gasteiger partial charge in [0, 0.05) is 5.92 Å². The molecule has 1 fully saturated rings. The first kappa shape index (κ1) is 16.1. The minimum Gasteiger partial charge on any atom is -0.480 e. The summed E-state index contributed by atoms with van der Waals surface area (Å²) in [6, 6.07) is 4.47. The van der Waals surface area contributed by atoms with Gasteiger partial charge in [-0.3, -0.25) is 4.79 Å². The van der Waals surface area contributed by atoms with E-state index >= 15 is 0 Å². The lowest BCUT2D eigenvalue weighted by atomic mass is 10.0. The van der Waals surface area contributed by atoms with Crippen molar-refractivity contribution in [3.8, 4) is 0 Å². The normalized spacial score (nSPS) is 22.0. The molecule has 0 bridgehead atoms. The zero-order chi connectivity index (χ0) is 15.7. The summed E-state index contributed by atoms with van der Waals surface area (Å²) in [5.74, 6) is -1.49. The molecule has 0 aliphatic heterocycles. The molecule has 21 heavy (non-hydrogen) atoms. The van der Waals surface area contributed by atoms with E-state index in [2.05, 4.69) is 5.32 Å². The number of carbonyl (C=O) groups excluding carboxylic acids is 1. The van der Waals surface area contributed by atoms with Gasteiger partial charge in [0.25, 0.3) is 0 Å². The van der Waals surface area contributed by atoms with E-state index in [-0.39, 0.29) is 23.7 Å². The Morgan fingerprint density at radius 1 is 1.29 bits per heavy atom. The van der Waals surface area contributed by atoms with Gasteiger partial charge in [0.2, 0.25) is 5.91 Å². The number of rotatable bonds is 5. The molecule has 1 aromatic carbocycles. The largest absolute Gasteiger partial charge is 0.480 e. The number of nitrogens with one attached hydrogen (secondary N) is 1. The maximum atomic E-state index is 12.1. The van der Waals surface area contributed by atoms with Crippen LogP contribution >= 0.6 is 23.2 Å². The molecule has 1 amide bonds. The molecule has 114 valence electrons. The van der Waals surface area contributed by atoms with Crippen LogP contribution in [-0.2, 0) is 9.59 Å². The average Bonchev–Trinajstić information content (AvgIpc) is 3.18. The highest BCUT2D eigenvalue weighted by Crippen LogP contribution is 2.48. The number of carboxylic acids is 1. The summed E-state index contributed by atoms with van der Waals surface area (Å²) in [5.41, 5.74) is 0.959. The van der Waals surface area contributed by atoms with E-state index in [1.165, 1.54) is 0 Å². The third-order valence-corrected chi connectivity index (χ3v) is 4.47. The molecule has 2 N–H and O–H groups in total. The van der Waals surface area contributed by atoms with Crippen LogP contribution in [0.4, 0.5) is 0 Å². The fourth-order valence-electron chi connectivity index (χ4n) is 2.37. The van der Waals surface area contributed by atoms with Crippen LogP contribution in [0.15, 0.2) is 18.2 Å². The van der Waals surface area contributed by atoms with Crippen molar-refractivity contribution in [1.29, 1.82) is 0 Å². The van der Waals surface area contributed by atoms with Crippen molar-refractivity contribution in [3.63, 3.8) is 0 Å². The minimum atomic E-state index is -1.01. The summed E-state index contributed by atoms with van der Waals surface area (Å²) in [5, 5.41) is 12.6. The molecule has 0 radical (unpaired) electrons. The lowest BCUT2D eigenvalue weighted by Crippen LogP contribution is -2.45. The van der Waals surface area contributed by atoms with Crippen LogP contribution in [0.25, 0.3) is 0 Å². The van der Waals surface area contributed by atoms with Gasteiger partial charge in [0.1, 0.15) is 6.04 Å². The summed E-state index contributed by atoms with van der Waals surface area (Å²) >= 11 is 11.8. The maximum absolute atomic E-state index is 12.1. The van der Waals surface area contributed by atoms with Crippen LogP contribution in [0.3, 0.4) is 0 Å².